The molecule has 2 aromatic heterocycles. The number of nitrogens with zero attached hydrogens (tertiary/aromatic N) is 3. The van der Waals surface area contributed by atoms with E-state index in [2.05, 4.69) is 30.9 Å². The summed E-state index contributed by atoms with van der Waals surface area (Å²) in [5.74, 6) is 0.563. The Morgan fingerprint density at radius 1 is 1.25 bits per heavy atom. The molecule has 1 aliphatic carbocycles. The Morgan fingerprint density at radius 2 is 1.95 bits per heavy atom. The highest BCUT2D eigenvalue weighted by Crippen LogP contribution is 2.36. The van der Waals surface area contributed by atoms with Crippen molar-refractivity contribution in [3.05, 3.63) is 16.4 Å². The van der Waals surface area contributed by atoms with Crippen LogP contribution in [0.5, 0.6) is 0 Å². The Kier molecular flexibility index (Phi) is 3.40. The van der Waals surface area contributed by atoms with E-state index >= 15 is 0 Å². The van der Waals surface area contributed by atoms with Crippen molar-refractivity contribution in [1.82, 2.24) is 14.6 Å². The minimum absolute atomic E-state index is 0.130. The first-order chi connectivity index (χ1) is 9.50. The zero-order valence-corrected chi connectivity index (χ0v) is 13.2. The van der Waals surface area contributed by atoms with Crippen LogP contribution in [0, 0.1) is 0 Å². The Labute approximate surface area is 123 Å². The number of hydrogen-bond donors (Lipinski definition) is 0. The summed E-state index contributed by atoms with van der Waals surface area (Å²) in [6.07, 6.45) is 7.26. The van der Waals surface area contributed by atoms with Crippen LogP contribution in [-0.4, -0.2) is 20.9 Å². The predicted octanol–water partition coefficient (Wildman–Crippen LogP) is 3.95. The van der Waals surface area contributed by atoms with E-state index in [1.54, 1.807) is 15.9 Å². The molecule has 0 saturated heterocycles. The highest BCUT2D eigenvalue weighted by Gasteiger charge is 2.27. The Bertz CT molecular complexity index is 629. The molecule has 0 atom stereocenters. The summed E-state index contributed by atoms with van der Waals surface area (Å²) in [5, 5.41) is 5.83. The summed E-state index contributed by atoms with van der Waals surface area (Å²) < 4.78 is 1.75. The van der Waals surface area contributed by atoms with Gasteiger partial charge < -0.3 is 0 Å². The molecule has 0 bridgehead atoms. The summed E-state index contributed by atoms with van der Waals surface area (Å²) in [5.41, 5.74) is 1.33. The second kappa shape index (κ2) is 4.95. The lowest BCUT2D eigenvalue weighted by Gasteiger charge is -2.18. The van der Waals surface area contributed by atoms with Crippen LogP contribution in [0.25, 0.3) is 4.96 Å². The van der Waals surface area contributed by atoms with Gasteiger partial charge in [-0.15, -0.1) is 0 Å². The second-order valence-electron chi connectivity index (χ2n) is 6.68. The first kappa shape index (κ1) is 13.7. The standard InChI is InChI=1S/C15H21N3OS/c1-15(2,3)12-11(9-19)18-14(16-12)20-13(17-18)10-7-5-4-6-8-10/h9-10H,4-8H2,1-3H3. The summed E-state index contributed by atoms with van der Waals surface area (Å²) in [6, 6.07) is 0. The van der Waals surface area contributed by atoms with E-state index in [1.165, 1.54) is 32.1 Å². The molecule has 0 radical (unpaired) electrons. The lowest BCUT2D eigenvalue weighted by molar-refractivity contribution is 0.111. The summed E-state index contributed by atoms with van der Waals surface area (Å²) in [4.78, 5) is 17.0. The van der Waals surface area contributed by atoms with Crippen LogP contribution in [0.4, 0.5) is 0 Å². The van der Waals surface area contributed by atoms with E-state index in [0.717, 1.165) is 21.9 Å². The largest absolute Gasteiger partial charge is 0.296 e. The van der Waals surface area contributed by atoms with Gasteiger partial charge in [0.15, 0.2) is 6.29 Å². The van der Waals surface area contributed by atoms with Crippen molar-refractivity contribution in [2.45, 2.75) is 64.2 Å². The number of carbonyl (C=O) groups is 1. The van der Waals surface area contributed by atoms with Crippen LogP contribution in [0.1, 0.15) is 80.0 Å². The summed E-state index contributed by atoms with van der Waals surface area (Å²) in [6.45, 7) is 6.23. The van der Waals surface area contributed by atoms with Crippen molar-refractivity contribution in [3.8, 4) is 0 Å². The molecule has 1 aliphatic rings. The van der Waals surface area contributed by atoms with Crippen LogP contribution in [0.15, 0.2) is 0 Å². The number of carbonyl (C=O) groups excluding carboxylic acids is 1. The van der Waals surface area contributed by atoms with E-state index < -0.39 is 0 Å². The molecule has 0 aliphatic heterocycles. The minimum Gasteiger partial charge on any atom is -0.296 e. The Morgan fingerprint density at radius 3 is 2.55 bits per heavy atom. The van der Waals surface area contributed by atoms with Gasteiger partial charge in [0.1, 0.15) is 10.7 Å². The summed E-state index contributed by atoms with van der Waals surface area (Å²) in [7, 11) is 0. The molecule has 1 saturated carbocycles. The molecule has 2 heterocycles. The number of aromatic nitrogens is 3. The zero-order valence-electron chi connectivity index (χ0n) is 12.3. The smallest absolute Gasteiger partial charge is 0.213 e. The average molecular weight is 291 g/mol. The molecule has 0 N–H and O–H groups in total. The molecule has 108 valence electrons. The van der Waals surface area contributed by atoms with E-state index in [1.807, 2.05) is 0 Å². The van der Waals surface area contributed by atoms with Gasteiger partial charge in [0.05, 0.1) is 5.69 Å². The van der Waals surface area contributed by atoms with Gasteiger partial charge in [-0.3, -0.25) is 4.79 Å². The monoisotopic (exact) mass is 291 g/mol. The third-order valence-corrected chi connectivity index (χ3v) is 5.10. The fourth-order valence-electron chi connectivity index (χ4n) is 2.95. The molecular weight excluding hydrogens is 270 g/mol. The van der Waals surface area contributed by atoms with E-state index in [0.29, 0.717) is 11.6 Å². The molecule has 1 fully saturated rings. The summed E-state index contributed by atoms with van der Waals surface area (Å²) >= 11 is 1.65. The molecule has 0 spiro atoms. The molecular formula is C15H21N3OS. The fourth-order valence-corrected chi connectivity index (χ4v) is 4.03. The molecule has 4 nitrogen and oxygen atoms in total. The van der Waals surface area contributed by atoms with Crippen molar-refractivity contribution >= 4 is 22.6 Å². The van der Waals surface area contributed by atoms with Crippen LogP contribution < -0.4 is 0 Å². The van der Waals surface area contributed by atoms with Crippen LogP contribution in [0.2, 0.25) is 0 Å². The molecule has 3 rings (SSSR count). The maximum Gasteiger partial charge on any atom is 0.213 e. The fraction of sp³-hybridized carbons (Fsp3) is 0.667. The number of rotatable bonds is 2. The number of aldehydes is 1. The SMILES string of the molecule is CC(C)(C)c1nc2sc(C3CCCCC3)nn2c1C=O. The van der Waals surface area contributed by atoms with Crippen LogP contribution in [-0.2, 0) is 5.41 Å². The van der Waals surface area contributed by atoms with Gasteiger partial charge in [0.25, 0.3) is 0 Å². The van der Waals surface area contributed by atoms with E-state index in [-0.39, 0.29) is 5.41 Å². The Balaban J connectivity index is 2.04. The first-order valence-corrected chi connectivity index (χ1v) is 8.17. The Hall–Kier alpha value is -1.23. The lowest BCUT2D eigenvalue weighted by Crippen LogP contribution is -2.15. The van der Waals surface area contributed by atoms with Crippen molar-refractivity contribution in [3.63, 3.8) is 0 Å². The maximum atomic E-state index is 11.4. The van der Waals surface area contributed by atoms with Crippen molar-refractivity contribution in [2.75, 3.05) is 0 Å². The van der Waals surface area contributed by atoms with Crippen molar-refractivity contribution in [1.29, 1.82) is 0 Å². The van der Waals surface area contributed by atoms with Gasteiger partial charge in [-0.2, -0.15) is 9.61 Å². The molecule has 0 aromatic carbocycles. The molecule has 0 amide bonds. The minimum atomic E-state index is -0.130. The topological polar surface area (TPSA) is 47.3 Å². The second-order valence-corrected chi connectivity index (χ2v) is 7.67. The number of hydrogen-bond acceptors (Lipinski definition) is 4. The van der Waals surface area contributed by atoms with Crippen LogP contribution in [0.3, 0.4) is 0 Å². The van der Waals surface area contributed by atoms with Gasteiger partial charge in [0, 0.05) is 11.3 Å². The van der Waals surface area contributed by atoms with E-state index in [4.69, 9.17) is 0 Å². The van der Waals surface area contributed by atoms with Crippen LogP contribution >= 0.6 is 11.3 Å². The molecule has 20 heavy (non-hydrogen) atoms. The first-order valence-electron chi connectivity index (χ1n) is 7.36. The van der Waals surface area contributed by atoms with Crippen molar-refractivity contribution < 1.29 is 4.79 Å². The van der Waals surface area contributed by atoms with Gasteiger partial charge >= 0.3 is 0 Å². The van der Waals surface area contributed by atoms with Gasteiger partial charge in [0.2, 0.25) is 4.96 Å². The maximum absolute atomic E-state index is 11.4. The highest BCUT2D eigenvalue weighted by atomic mass is 32.1. The molecule has 5 heteroatoms. The number of fused-ring (bicyclic) bond motifs is 1. The molecule has 0 unspecified atom stereocenters. The van der Waals surface area contributed by atoms with Gasteiger partial charge in [-0.05, 0) is 12.8 Å². The number of imidazole rings is 1. The average Bonchev–Trinajstić information content (AvgIpc) is 2.95. The zero-order chi connectivity index (χ0) is 14.3. The third-order valence-electron chi connectivity index (χ3n) is 4.03. The normalized spacial score (nSPS) is 17.8. The quantitative estimate of drug-likeness (QED) is 0.787. The van der Waals surface area contributed by atoms with Gasteiger partial charge in [-0.25, -0.2) is 4.98 Å². The third kappa shape index (κ3) is 2.28. The van der Waals surface area contributed by atoms with Gasteiger partial charge in [-0.1, -0.05) is 51.4 Å². The predicted molar refractivity (Wildman–Crippen MR) is 80.8 cm³/mol. The van der Waals surface area contributed by atoms with E-state index in [9.17, 15) is 4.79 Å². The lowest BCUT2D eigenvalue weighted by atomic mass is 9.90. The highest BCUT2D eigenvalue weighted by molar-refractivity contribution is 7.16. The van der Waals surface area contributed by atoms with Crippen molar-refractivity contribution in [2.24, 2.45) is 0 Å². The molecule has 2 aromatic rings.